The van der Waals surface area contributed by atoms with Crippen LogP contribution in [0, 0.1) is 0 Å². The number of rotatable bonds is 6. The van der Waals surface area contributed by atoms with Crippen molar-refractivity contribution in [3.8, 4) is 5.75 Å². The molecule has 6 heteroatoms. The van der Waals surface area contributed by atoms with Crippen LogP contribution in [0.25, 0.3) is 0 Å². The van der Waals surface area contributed by atoms with Gasteiger partial charge in [0.25, 0.3) is 5.91 Å². The van der Waals surface area contributed by atoms with Crippen molar-refractivity contribution >= 4 is 17.5 Å². The molecule has 20 heavy (non-hydrogen) atoms. The molecule has 0 aliphatic rings. The van der Waals surface area contributed by atoms with Gasteiger partial charge in [-0.3, -0.25) is 9.59 Å². The van der Waals surface area contributed by atoms with E-state index in [1.165, 1.54) is 12.0 Å². The summed E-state index contributed by atoms with van der Waals surface area (Å²) in [5, 5.41) is 2.72. The molecule has 0 bridgehead atoms. The second kappa shape index (κ2) is 7.37. The summed E-state index contributed by atoms with van der Waals surface area (Å²) in [6.45, 7) is 2.54. The fourth-order valence-corrected chi connectivity index (χ4v) is 1.75. The van der Waals surface area contributed by atoms with Gasteiger partial charge in [0.15, 0.2) is 0 Å². The molecule has 6 nitrogen and oxygen atoms in total. The lowest BCUT2D eigenvalue weighted by Gasteiger charge is -2.19. The normalized spacial score (nSPS) is 9.95. The van der Waals surface area contributed by atoms with Gasteiger partial charge in [-0.2, -0.15) is 0 Å². The maximum atomic E-state index is 12.3. The van der Waals surface area contributed by atoms with Gasteiger partial charge in [-0.25, -0.2) is 0 Å². The molecule has 0 aromatic heterocycles. The summed E-state index contributed by atoms with van der Waals surface area (Å²) >= 11 is 0. The Labute approximate surface area is 118 Å². The summed E-state index contributed by atoms with van der Waals surface area (Å²) in [7, 11) is 3.03. The Kier molecular flexibility index (Phi) is 5.83. The largest absolute Gasteiger partial charge is 0.496 e. The molecule has 0 aliphatic heterocycles. The molecule has 3 N–H and O–H groups in total. The third-order valence-corrected chi connectivity index (χ3v) is 2.79. The number of hydrogen-bond acceptors (Lipinski definition) is 4. The van der Waals surface area contributed by atoms with E-state index in [-0.39, 0.29) is 23.9 Å². The highest BCUT2D eigenvalue weighted by atomic mass is 16.5. The molecule has 0 fully saturated rings. The number of methoxy groups -OCH3 is 1. The van der Waals surface area contributed by atoms with Crippen molar-refractivity contribution in [3.63, 3.8) is 0 Å². The third-order valence-electron chi connectivity index (χ3n) is 2.79. The minimum absolute atomic E-state index is 0.0175. The van der Waals surface area contributed by atoms with Crippen LogP contribution < -0.4 is 15.8 Å². The fourth-order valence-electron chi connectivity index (χ4n) is 1.75. The van der Waals surface area contributed by atoms with Gasteiger partial charge in [-0.15, -0.1) is 0 Å². The van der Waals surface area contributed by atoms with Crippen LogP contribution in [0.3, 0.4) is 0 Å². The lowest BCUT2D eigenvalue weighted by molar-refractivity contribution is -0.121. The minimum Gasteiger partial charge on any atom is -0.496 e. The Morgan fingerprint density at radius 3 is 2.70 bits per heavy atom. The van der Waals surface area contributed by atoms with Gasteiger partial charge in [-0.1, -0.05) is 13.0 Å². The van der Waals surface area contributed by atoms with Gasteiger partial charge in [0, 0.05) is 19.3 Å². The summed E-state index contributed by atoms with van der Waals surface area (Å²) in [4.78, 5) is 25.3. The van der Waals surface area contributed by atoms with Crippen molar-refractivity contribution in [2.45, 2.75) is 13.3 Å². The SMILES string of the molecule is CCCNC(=O)CN(C)C(=O)c1c(N)cccc1OC. The van der Waals surface area contributed by atoms with Crippen molar-refractivity contribution < 1.29 is 14.3 Å². The number of nitrogens with two attached hydrogens (primary N) is 1. The Morgan fingerprint density at radius 2 is 2.10 bits per heavy atom. The van der Waals surface area contributed by atoms with Crippen LogP contribution in [0.4, 0.5) is 5.69 Å². The Balaban J connectivity index is 2.82. The van der Waals surface area contributed by atoms with E-state index in [1.54, 1.807) is 25.2 Å². The molecular formula is C14H21N3O3. The van der Waals surface area contributed by atoms with E-state index in [4.69, 9.17) is 10.5 Å². The van der Waals surface area contributed by atoms with Crippen LogP contribution in [0.1, 0.15) is 23.7 Å². The molecule has 1 aromatic rings. The van der Waals surface area contributed by atoms with Gasteiger partial charge in [0.1, 0.15) is 11.3 Å². The second-order valence-electron chi connectivity index (χ2n) is 4.44. The number of nitrogen functional groups attached to an aromatic ring is 1. The number of carbonyl (C=O) groups is 2. The first kappa shape index (κ1) is 15.8. The quantitative estimate of drug-likeness (QED) is 0.757. The summed E-state index contributed by atoms with van der Waals surface area (Å²) < 4.78 is 5.14. The van der Waals surface area contributed by atoms with E-state index in [9.17, 15) is 9.59 Å². The summed E-state index contributed by atoms with van der Waals surface area (Å²) in [6.07, 6.45) is 0.850. The van der Waals surface area contributed by atoms with E-state index in [2.05, 4.69) is 5.32 Å². The highest BCUT2D eigenvalue weighted by Gasteiger charge is 2.21. The number of anilines is 1. The number of carbonyl (C=O) groups excluding carboxylic acids is 2. The maximum Gasteiger partial charge on any atom is 0.259 e. The molecule has 1 aromatic carbocycles. The topological polar surface area (TPSA) is 84.7 Å². The first-order valence-electron chi connectivity index (χ1n) is 6.45. The van der Waals surface area contributed by atoms with Crippen LogP contribution in [0.2, 0.25) is 0 Å². The van der Waals surface area contributed by atoms with Gasteiger partial charge in [0.2, 0.25) is 5.91 Å². The van der Waals surface area contributed by atoms with Gasteiger partial charge in [-0.05, 0) is 18.6 Å². The monoisotopic (exact) mass is 279 g/mol. The summed E-state index contributed by atoms with van der Waals surface area (Å²) in [5.41, 5.74) is 6.43. The van der Waals surface area contributed by atoms with Crippen LogP contribution in [0.15, 0.2) is 18.2 Å². The number of ether oxygens (including phenoxy) is 1. The van der Waals surface area contributed by atoms with E-state index in [0.29, 0.717) is 18.0 Å². The van der Waals surface area contributed by atoms with Crippen molar-refractivity contribution in [1.29, 1.82) is 0 Å². The minimum atomic E-state index is -0.341. The van der Waals surface area contributed by atoms with Crippen molar-refractivity contribution in [3.05, 3.63) is 23.8 Å². The second-order valence-corrected chi connectivity index (χ2v) is 4.44. The number of benzene rings is 1. The average molecular weight is 279 g/mol. The third kappa shape index (κ3) is 3.88. The zero-order valence-electron chi connectivity index (χ0n) is 12.1. The van der Waals surface area contributed by atoms with E-state index >= 15 is 0 Å². The molecule has 0 atom stereocenters. The Hall–Kier alpha value is -2.24. The molecule has 0 heterocycles. The zero-order valence-corrected chi connectivity index (χ0v) is 12.1. The number of amides is 2. The predicted octanol–water partition coefficient (Wildman–Crippen LogP) is 0.876. The van der Waals surface area contributed by atoms with Gasteiger partial charge < -0.3 is 20.7 Å². The van der Waals surface area contributed by atoms with Crippen LogP contribution >= 0.6 is 0 Å². The number of hydrogen-bond donors (Lipinski definition) is 2. The summed E-state index contributed by atoms with van der Waals surface area (Å²) in [6, 6.07) is 4.99. The molecule has 110 valence electrons. The molecule has 0 unspecified atom stereocenters. The first-order valence-corrected chi connectivity index (χ1v) is 6.45. The number of likely N-dealkylation sites (N-methyl/N-ethyl adjacent to an activating group) is 1. The first-order chi connectivity index (χ1) is 9.51. The average Bonchev–Trinajstić information content (AvgIpc) is 2.43. The summed E-state index contributed by atoms with van der Waals surface area (Å²) in [5.74, 6) is -0.140. The van der Waals surface area contributed by atoms with Crippen LogP contribution in [0.5, 0.6) is 5.75 Å². The Morgan fingerprint density at radius 1 is 1.40 bits per heavy atom. The molecule has 0 radical (unpaired) electrons. The standard InChI is InChI=1S/C14H21N3O3/c1-4-8-16-12(18)9-17(2)14(19)13-10(15)6-5-7-11(13)20-3/h5-7H,4,8-9,15H2,1-3H3,(H,16,18). The smallest absolute Gasteiger partial charge is 0.259 e. The molecule has 2 amide bonds. The highest BCUT2D eigenvalue weighted by molar-refractivity contribution is 6.03. The van der Waals surface area contributed by atoms with Crippen LogP contribution in [-0.2, 0) is 4.79 Å². The van der Waals surface area contributed by atoms with Crippen molar-refractivity contribution in [1.82, 2.24) is 10.2 Å². The highest BCUT2D eigenvalue weighted by Crippen LogP contribution is 2.25. The van der Waals surface area contributed by atoms with E-state index in [1.807, 2.05) is 6.92 Å². The predicted molar refractivity (Wildman–Crippen MR) is 77.7 cm³/mol. The van der Waals surface area contributed by atoms with Crippen LogP contribution in [-0.4, -0.2) is 44.0 Å². The van der Waals surface area contributed by atoms with Gasteiger partial charge in [0.05, 0.1) is 13.7 Å². The molecule has 0 saturated heterocycles. The van der Waals surface area contributed by atoms with Crippen molar-refractivity contribution in [2.24, 2.45) is 0 Å². The molecular weight excluding hydrogens is 258 g/mol. The van der Waals surface area contributed by atoms with Crippen molar-refractivity contribution in [2.75, 3.05) is 33.0 Å². The Bertz CT molecular complexity index is 489. The zero-order chi connectivity index (χ0) is 15.1. The van der Waals surface area contributed by atoms with E-state index in [0.717, 1.165) is 6.42 Å². The molecule has 1 rings (SSSR count). The molecule has 0 saturated carbocycles. The van der Waals surface area contributed by atoms with E-state index < -0.39 is 0 Å². The maximum absolute atomic E-state index is 12.3. The molecule has 0 spiro atoms. The fraction of sp³-hybridized carbons (Fsp3) is 0.429. The number of nitrogens with one attached hydrogen (secondary N) is 1. The number of nitrogens with zero attached hydrogens (tertiary/aromatic N) is 1. The molecule has 0 aliphatic carbocycles. The lowest BCUT2D eigenvalue weighted by atomic mass is 10.1. The lowest BCUT2D eigenvalue weighted by Crippen LogP contribution is -2.38. The van der Waals surface area contributed by atoms with Gasteiger partial charge >= 0.3 is 0 Å².